The van der Waals surface area contributed by atoms with Gasteiger partial charge in [-0.3, -0.25) is 0 Å². The average Bonchev–Trinajstić information content (AvgIpc) is 2.76. The Morgan fingerprint density at radius 2 is 2.03 bits per heavy atom. The van der Waals surface area contributed by atoms with Crippen LogP contribution in [0.15, 0.2) is 40.7 Å². The van der Waals surface area contributed by atoms with Crippen molar-refractivity contribution in [2.75, 3.05) is 13.1 Å². The SMILES string of the molecule is C#CC.CCNC(CCCCc1cccc(C#N)c1)CNC(/N=C\C(C)F)=C(/C)C#N. The number of hydrogen-bond acceptors (Lipinski definition) is 5. The molecule has 2 atom stereocenters. The van der Waals surface area contributed by atoms with E-state index in [-0.39, 0.29) is 6.04 Å². The van der Waals surface area contributed by atoms with Crippen LogP contribution in [0.5, 0.6) is 0 Å². The predicted molar refractivity (Wildman–Crippen MR) is 126 cm³/mol. The minimum absolute atomic E-state index is 0.231. The Balaban J connectivity index is 0.00000282. The molecular weight excluding hydrogens is 389 g/mol. The first-order chi connectivity index (χ1) is 14.9. The van der Waals surface area contributed by atoms with E-state index < -0.39 is 6.17 Å². The molecule has 0 heterocycles. The minimum Gasteiger partial charge on any atom is -0.368 e. The molecule has 0 aromatic heterocycles. The van der Waals surface area contributed by atoms with Crippen molar-refractivity contribution in [3.63, 3.8) is 0 Å². The first-order valence-corrected chi connectivity index (χ1v) is 10.5. The van der Waals surface area contributed by atoms with Crippen molar-refractivity contribution in [1.29, 1.82) is 10.5 Å². The Hall–Kier alpha value is -3.14. The maximum absolute atomic E-state index is 13.0. The number of allylic oxidation sites excluding steroid dienone is 1. The molecule has 0 saturated carbocycles. The summed E-state index contributed by atoms with van der Waals surface area (Å²) in [6, 6.07) is 12.2. The first-order valence-electron chi connectivity index (χ1n) is 10.5. The molecule has 0 aliphatic carbocycles. The van der Waals surface area contributed by atoms with Crippen LogP contribution in [0.2, 0.25) is 0 Å². The van der Waals surface area contributed by atoms with Gasteiger partial charge < -0.3 is 10.6 Å². The highest BCUT2D eigenvalue weighted by Crippen LogP contribution is 2.11. The zero-order valence-electron chi connectivity index (χ0n) is 19.1. The molecule has 0 aliphatic heterocycles. The number of nitrogens with one attached hydrogen (secondary N) is 2. The fourth-order valence-corrected chi connectivity index (χ4v) is 2.81. The number of benzene rings is 1. The minimum atomic E-state index is -1.16. The Morgan fingerprint density at radius 3 is 2.61 bits per heavy atom. The van der Waals surface area contributed by atoms with Gasteiger partial charge in [-0.15, -0.1) is 12.3 Å². The van der Waals surface area contributed by atoms with Crippen LogP contribution in [0.3, 0.4) is 0 Å². The van der Waals surface area contributed by atoms with Crippen molar-refractivity contribution < 1.29 is 4.39 Å². The number of terminal acetylenes is 1. The number of unbranched alkanes of at least 4 members (excludes halogenated alkanes) is 1. The quantitative estimate of drug-likeness (QED) is 0.222. The number of aryl methyl sites for hydroxylation is 1. The van der Waals surface area contributed by atoms with Crippen LogP contribution in [0, 0.1) is 35.0 Å². The molecule has 0 saturated heterocycles. The second kappa shape index (κ2) is 17.7. The number of rotatable bonds is 12. The third kappa shape index (κ3) is 13.7. The smallest absolute Gasteiger partial charge is 0.139 e. The van der Waals surface area contributed by atoms with Gasteiger partial charge in [0.15, 0.2) is 0 Å². The molecule has 0 aliphatic rings. The second-order valence-corrected chi connectivity index (χ2v) is 7.02. The van der Waals surface area contributed by atoms with Gasteiger partial charge >= 0.3 is 0 Å². The molecule has 0 bridgehead atoms. The molecule has 0 radical (unpaired) electrons. The summed E-state index contributed by atoms with van der Waals surface area (Å²) in [5, 5.41) is 24.7. The summed E-state index contributed by atoms with van der Waals surface area (Å²) < 4.78 is 13.0. The van der Waals surface area contributed by atoms with Crippen LogP contribution in [-0.4, -0.2) is 31.5 Å². The maximum Gasteiger partial charge on any atom is 0.139 e. The van der Waals surface area contributed by atoms with E-state index in [1.165, 1.54) is 18.7 Å². The Labute approximate surface area is 187 Å². The van der Waals surface area contributed by atoms with Crippen LogP contribution in [-0.2, 0) is 6.42 Å². The lowest BCUT2D eigenvalue weighted by Crippen LogP contribution is -2.38. The summed E-state index contributed by atoms with van der Waals surface area (Å²) in [6.45, 7) is 8.24. The van der Waals surface area contributed by atoms with Gasteiger partial charge in [0, 0.05) is 18.8 Å². The van der Waals surface area contributed by atoms with Gasteiger partial charge in [0.05, 0.1) is 23.3 Å². The van der Waals surface area contributed by atoms with Gasteiger partial charge in [0.1, 0.15) is 12.0 Å². The molecular formula is C25H34FN5. The average molecular weight is 424 g/mol. The van der Waals surface area contributed by atoms with Crippen molar-refractivity contribution >= 4 is 6.21 Å². The summed E-state index contributed by atoms with van der Waals surface area (Å²) in [4.78, 5) is 4.07. The molecule has 0 fully saturated rings. The highest BCUT2D eigenvalue weighted by Gasteiger charge is 2.09. The molecule has 2 unspecified atom stereocenters. The van der Waals surface area contributed by atoms with Crippen molar-refractivity contribution in [3.05, 3.63) is 46.8 Å². The summed E-state index contributed by atoms with van der Waals surface area (Å²) in [6.07, 6.45) is 8.62. The van der Waals surface area contributed by atoms with Crippen molar-refractivity contribution in [2.45, 2.75) is 65.6 Å². The fourth-order valence-electron chi connectivity index (χ4n) is 2.81. The number of hydrogen-bond donors (Lipinski definition) is 2. The molecule has 1 rings (SSSR count). The van der Waals surface area contributed by atoms with E-state index in [0.717, 1.165) is 32.2 Å². The topological polar surface area (TPSA) is 84.0 Å². The van der Waals surface area contributed by atoms with Gasteiger partial charge in [-0.05, 0) is 64.3 Å². The van der Waals surface area contributed by atoms with E-state index in [1.54, 1.807) is 13.8 Å². The van der Waals surface area contributed by atoms with Crippen LogP contribution in [0.25, 0.3) is 0 Å². The van der Waals surface area contributed by atoms with Gasteiger partial charge in [-0.25, -0.2) is 9.38 Å². The second-order valence-electron chi connectivity index (χ2n) is 7.02. The molecule has 31 heavy (non-hydrogen) atoms. The predicted octanol–water partition coefficient (Wildman–Crippen LogP) is 4.66. The summed E-state index contributed by atoms with van der Waals surface area (Å²) in [7, 11) is 0. The number of alkyl halides is 1. The highest BCUT2D eigenvalue weighted by atomic mass is 19.1. The monoisotopic (exact) mass is 423 g/mol. The maximum atomic E-state index is 13.0. The van der Waals surface area contributed by atoms with Gasteiger partial charge in [-0.1, -0.05) is 25.5 Å². The van der Waals surface area contributed by atoms with E-state index >= 15 is 0 Å². The molecule has 0 amide bonds. The molecule has 6 heteroatoms. The molecule has 0 spiro atoms. The standard InChI is InChI=1S/C22H30FN5.C3H4/c1-4-26-21(16-28-22(17(2)13-24)27-15-18(3)23)11-6-5-8-19-9-7-10-20(12-19)14-25;1-3-2/h7,9-10,12,15,18,21,26,28H,4-6,8,11,16H2,1-3H3;1H,2H3/b22-17-,27-15-;. The van der Waals surface area contributed by atoms with Crippen LogP contribution < -0.4 is 10.6 Å². The molecule has 1 aromatic rings. The number of aliphatic imine (C=N–C) groups is 1. The molecule has 2 N–H and O–H groups in total. The van der Waals surface area contributed by atoms with Crippen LogP contribution in [0.1, 0.15) is 58.1 Å². The van der Waals surface area contributed by atoms with E-state index in [1.807, 2.05) is 18.2 Å². The van der Waals surface area contributed by atoms with E-state index in [2.05, 4.69) is 53.1 Å². The van der Waals surface area contributed by atoms with Crippen LogP contribution >= 0.6 is 0 Å². The fraction of sp³-hybridized carbons (Fsp3) is 0.480. The van der Waals surface area contributed by atoms with Gasteiger partial charge in [0.25, 0.3) is 0 Å². The zero-order valence-corrected chi connectivity index (χ0v) is 19.1. The third-order valence-corrected chi connectivity index (χ3v) is 4.26. The summed E-state index contributed by atoms with van der Waals surface area (Å²) >= 11 is 0. The largest absolute Gasteiger partial charge is 0.368 e. The van der Waals surface area contributed by atoms with Gasteiger partial charge in [0.2, 0.25) is 0 Å². The van der Waals surface area contributed by atoms with Crippen LogP contribution in [0.4, 0.5) is 4.39 Å². The molecule has 1 aromatic carbocycles. The summed E-state index contributed by atoms with van der Waals surface area (Å²) in [5.41, 5.74) is 2.31. The normalized spacial score (nSPS) is 13.0. The van der Waals surface area contributed by atoms with E-state index in [0.29, 0.717) is 23.5 Å². The Morgan fingerprint density at radius 1 is 1.32 bits per heavy atom. The van der Waals surface area contributed by atoms with Crippen molar-refractivity contribution in [2.24, 2.45) is 4.99 Å². The third-order valence-electron chi connectivity index (χ3n) is 4.26. The lowest BCUT2D eigenvalue weighted by molar-refractivity contribution is 0.452. The number of nitrogens with zero attached hydrogens (tertiary/aromatic N) is 3. The Kier molecular flexibility index (Phi) is 15.9. The van der Waals surface area contributed by atoms with E-state index in [4.69, 9.17) is 10.5 Å². The first kappa shape index (κ1) is 27.9. The van der Waals surface area contributed by atoms with Crippen molar-refractivity contribution in [1.82, 2.24) is 10.6 Å². The number of halogens is 1. The number of nitriles is 2. The van der Waals surface area contributed by atoms with Gasteiger partial charge in [-0.2, -0.15) is 10.5 Å². The number of likely N-dealkylation sites (N-methyl/N-ethyl adjacent to an activating group) is 1. The lowest BCUT2D eigenvalue weighted by atomic mass is 10.0. The highest BCUT2D eigenvalue weighted by molar-refractivity contribution is 5.63. The van der Waals surface area contributed by atoms with Crippen molar-refractivity contribution in [3.8, 4) is 24.5 Å². The Bertz CT molecular complexity index is 822. The van der Waals surface area contributed by atoms with E-state index in [9.17, 15) is 4.39 Å². The zero-order chi connectivity index (χ0) is 23.5. The summed E-state index contributed by atoms with van der Waals surface area (Å²) in [5.74, 6) is 2.67. The molecule has 166 valence electrons. The lowest BCUT2D eigenvalue weighted by Gasteiger charge is -2.19. The molecule has 5 nitrogen and oxygen atoms in total.